The van der Waals surface area contributed by atoms with Crippen molar-refractivity contribution < 1.29 is 9.59 Å². The minimum Gasteiger partial charge on any atom is -0.368 e. The zero-order valence-electron chi connectivity index (χ0n) is 18.9. The Hall–Kier alpha value is -3.24. The van der Waals surface area contributed by atoms with Crippen molar-refractivity contribution in [1.82, 2.24) is 25.1 Å². The predicted octanol–water partition coefficient (Wildman–Crippen LogP) is 0.0658. The van der Waals surface area contributed by atoms with Gasteiger partial charge in [0.2, 0.25) is 12.3 Å². The number of carbonyl (C=O) groups is 2. The topological polar surface area (TPSA) is 134 Å². The summed E-state index contributed by atoms with van der Waals surface area (Å²) in [6, 6.07) is 9.42. The standard InChI is InChI=1S/C22H33N7O3/c1-4-24-15-17-5-7-18(8-6-17)29-12-9-19(27-21(29)32)26-11-14-28(13-10-25-16-30)20(31)22(2,3)23/h5-9,12,16,24H,4,10-11,13-15,23H2,1-3H3,(H,25,30)(H,26,27,32). The Balaban J connectivity index is 1.99. The number of nitrogens with one attached hydrogen (secondary N) is 3. The first-order chi connectivity index (χ1) is 15.3. The molecule has 1 heterocycles. The maximum Gasteiger partial charge on any atom is 0.354 e. The Labute approximate surface area is 188 Å². The Morgan fingerprint density at radius 1 is 1.19 bits per heavy atom. The van der Waals surface area contributed by atoms with Crippen LogP contribution < -0.4 is 27.4 Å². The smallest absolute Gasteiger partial charge is 0.354 e. The number of anilines is 1. The van der Waals surface area contributed by atoms with Crippen LogP contribution in [0.25, 0.3) is 5.69 Å². The molecule has 2 aromatic rings. The van der Waals surface area contributed by atoms with E-state index in [0.29, 0.717) is 38.4 Å². The molecule has 1 aromatic carbocycles. The molecule has 0 saturated heterocycles. The Morgan fingerprint density at radius 3 is 2.47 bits per heavy atom. The second-order valence-electron chi connectivity index (χ2n) is 7.92. The van der Waals surface area contributed by atoms with Crippen molar-refractivity contribution >= 4 is 18.1 Å². The fraction of sp³-hybridized carbons (Fsp3) is 0.455. The Kier molecular flexibility index (Phi) is 9.36. The number of amides is 2. The molecule has 0 saturated carbocycles. The normalized spacial score (nSPS) is 11.1. The van der Waals surface area contributed by atoms with Gasteiger partial charge in [-0.2, -0.15) is 4.98 Å². The Bertz CT molecular complexity index is 936. The molecule has 5 N–H and O–H groups in total. The number of hydrogen-bond acceptors (Lipinski definition) is 7. The van der Waals surface area contributed by atoms with E-state index in [4.69, 9.17) is 5.73 Å². The molecule has 32 heavy (non-hydrogen) atoms. The molecule has 0 bridgehead atoms. The number of aromatic nitrogens is 2. The van der Waals surface area contributed by atoms with E-state index in [0.717, 1.165) is 24.3 Å². The summed E-state index contributed by atoms with van der Waals surface area (Å²) in [7, 11) is 0. The molecule has 0 fully saturated rings. The number of rotatable bonds is 13. The van der Waals surface area contributed by atoms with E-state index in [1.54, 1.807) is 31.0 Å². The number of nitrogens with zero attached hydrogens (tertiary/aromatic N) is 3. The van der Waals surface area contributed by atoms with Crippen molar-refractivity contribution in [3.8, 4) is 5.69 Å². The molecule has 2 amide bonds. The lowest BCUT2D eigenvalue weighted by Crippen LogP contribution is -2.53. The number of hydrogen-bond donors (Lipinski definition) is 4. The van der Waals surface area contributed by atoms with Crippen molar-refractivity contribution in [2.45, 2.75) is 32.9 Å². The minimum absolute atomic E-state index is 0.229. The molecule has 0 unspecified atom stereocenters. The van der Waals surface area contributed by atoms with Crippen LogP contribution in [0.3, 0.4) is 0 Å². The van der Waals surface area contributed by atoms with Gasteiger partial charge in [0.15, 0.2) is 0 Å². The maximum atomic E-state index is 12.5. The van der Waals surface area contributed by atoms with E-state index in [9.17, 15) is 14.4 Å². The summed E-state index contributed by atoms with van der Waals surface area (Å²) < 4.78 is 1.47. The zero-order valence-corrected chi connectivity index (χ0v) is 18.9. The molecule has 0 aliphatic heterocycles. The van der Waals surface area contributed by atoms with Crippen LogP contribution in [-0.2, 0) is 16.1 Å². The first-order valence-corrected chi connectivity index (χ1v) is 10.6. The van der Waals surface area contributed by atoms with Crippen LogP contribution in [0.4, 0.5) is 5.82 Å². The largest absolute Gasteiger partial charge is 0.368 e. The minimum atomic E-state index is -1.03. The van der Waals surface area contributed by atoms with Gasteiger partial charge in [-0.15, -0.1) is 0 Å². The highest BCUT2D eigenvalue weighted by Crippen LogP contribution is 2.09. The van der Waals surface area contributed by atoms with Crippen molar-refractivity contribution in [3.63, 3.8) is 0 Å². The van der Waals surface area contributed by atoms with Gasteiger partial charge in [0.25, 0.3) is 0 Å². The fourth-order valence-corrected chi connectivity index (χ4v) is 3.04. The van der Waals surface area contributed by atoms with Gasteiger partial charge in [0.1, 0.15) is 5.82 Å². The molecule has 1 aromatic heterocycles. The highest BCUT2D eigenvalue weighted by Gasteiger charge is 2.27. The molecule has 174 valence electrons. The average molecular weight is 444 g/mol. The molecule has 0 atom stereocenters. The highest BCUT2D eigenvalue weighted by atomic mass is 16.2. The van der Waals surface area contributed by atoms with E-state index >= 15 is 0 Å². The van der Waals surface area contributed by atoms with Crippen LogP contribution >= 0.6 is 0 Å². The maximum absolute atomic E-state index is 12.5. The van der Waals surface area contributed by atoms with Gasteiger partial charge in [-0.25, -0.2) is 4.79 Å². The number of benzene rings is 1. The van der Waals surface area contributed by atoms with Crippen LogP contribution in [0.1, 0.15) is 26.3 Å². The molecular formula is C22H33N7O3. The van der Waals surface area contributed by atoms with Crippen molar-refractivity contribution in [2.75, 3.05) is 38.0 Å². The third-order valence-electron chi connectivity index (χ3n) is 4.73. The SMILES string of the molecule is CCNCc1ccc(-n2ccc(NCCN(CCNC=O)C(=O)C(C)(C)N)nc2=O)cc1. The predicted molar refractivity (Wildman–Crippen MR) is 125 cm³/mol. The molecule has 0 aliphatic carbocycles. The van der Waals surface area contributed by atoms with Gasteiger partial charge < -0.3 is 26.6 Å². The summed E-state index contributed by atoms with van der Waals surface area (Å²) in [6.45, 7) is 8.37. The Morgan fingerprint density at radius 2 is 1.88 bits per heavy atom. The molecule has 0 radical (unpaired) electrons. The molecule has 0 spiro atoms. The first kappa shape index (κ1) is 25.0. The number of carbonyl (C=O) groups excluding carboxylic acids is 2. The van der Waals surface area contributed by atoms with Gasteiger partial charge >= 0.3 is 5.69 Å². The van der Waals surface area contributed by atoms with E-state index in [-0.39, 0.29) is 5.91 Å². The summed E-state index contributed by atoms with van der Waals surface area (Å²) in [4.78, 5) is 41.1. The average Bonchev–Trinajstić information content (AvgIpc) is 2.76. The number of nitrogens with two attached hydrogens (primary N) is 1. The summed E-state index contributed by atoms with van der Waals surface area (Å²) in [5.41, 5.74) is 6.37. The van der Waals surface area contributed by atoms with E-state index in [1.807, 2.05) is 24.3 Å². The van der Waals surface area contributed by atoms with Gasteiger partial charge in [-0.1, -0.05) is 19.1 Å². The lowest BCUT2D eigenvalue weighted by Gasteiger charge is -2.29. The summed E-state index contributed by atoms with van der Waals surface area (Å²) in [6.07, 6.45) is 2.25. The van der Waals surface area contributed by atoms with Crippen LogP contribution in [0.15, 0.2) is 41.3 Å². The highest BCUT2D eigenvalue weighted by molar-refractivity contribution is 5.85. The summed E-state index contributed by atoms with van der Waals surface area (Å²) >= 11 is 0. The molecule has 0 aliphatic rings. The van der Waals surface area contributed by atoms with Crippen LogP contribution in [0, 0.1) is 0 Å². The monoisotopic (exact) mass is 443 g/mol. The molecule has 2 rings (SSSR count). The van der Waals surface area contributed by atoms with Crippen LogP contribution in [0.2, 0.25) is 0 Å². The van der Waals surface area contributed by atoms with Gasteiger partial charge in [0.05, 0.1) is 11.2 Å². The van der Waals surface area contributed by atoms with Crippen molar-refractivity contribution in [1.29, 1.82) is 0 Å². The quantitative estimate of drug-likeness (QED) is 0.254. The van der Waals surface area contributed by atoms with E-state index in [2.05, 4.69) is 27.9 Å². The van der Waals surface area contributed by atoms with Crippen LogP contribution in [0.5, 0.6) is 0 Å². The van der Waals surface area contributed by atoms with Gasteiger partial charge in [-0.05, 0) is 44.2 Å². The first-order valence-electron chi connectivity index (χ1n) is 10.6. The summed E-state index contributed by atoms with van der Waals surface area (Å²) in [5.74, 6) is 0.188. The fourth-order valence-electron chi connectivity index (χ4n) is 3.04. The van der Waals surface area contributed by atoms with Gasteiger partial charge in [0, 0.05) is 38.9 Å². The lowest BCUT2D eigenvalue weighted by molar-refractivity contribution is -0.135. The van der Waals surface area contributed by atoms with Gasteiger partial charge in [-0.3, -0.25) is 14.2 Å². The molecule has 10 nitrogen and oxygen atoms in total. The second-order valence-corrected chi connectivity index (χ2v) is 7.92. The van der Waals surface area contributed by atoms with E-state index < -0.39 is 11.2 Å². The van der Waals surface area contributed by atoms with E-state index in [1.165, 1.54) is 4.57 Å². The third kappa shape index (κ3) is 7.47. The second kappa shape index (κ2) is 12.0. The van der Waals surface area contributed by atoms with Crippen molar-refractivity contribution in [3.05, 3.63) is 52.6 Å². The third-order valence-corrected chi connectivity index (χ3v) is 4.73. The molecule has 10 heteroatoms. The van der Waals surface area contributed by atoms with Crippen molar-refractivity contribution in [2.24, 2.45) is 5.73 Å². The van der Waals surface area contributed by atoms with Crippen LogP contribution in [-0.4, -0.2) is 65.0 Å². The zero-order chi connectivity index (χ0) is 23.6. The molecular weight excluding hydrogens is 410 g/mol. The lowest BCUT2D eigenvalue weighted by atomic mass is 10.1. The summed E-state index contributed by atoms with van der Waals surface area (Å²) in [5, 5.41) is 8.87.